The smallest absolute Gasteiger partial charge is 0.168 e. The van der Waals surface area contributed by atoms with Gasteiger partial charge in [0.15, 0.2) is 11.0 Å². The number of pyridine rings is 1. The van der Waals surface area contributed by atoms with E-state index in [1.807, 2.05) is 29.1 Å². The van der Waals surface area contributed by atoms with Gasteiger partial charge in [-0.15, -0.1) is 5.10 Å². The van der Waals surface area contributed by atoms with E-state index in [1.54, 1.807) is 24.2 Å². The maximum Gasteiger partial charge on any atom is 0.168 e. The lowest BCUT2D eigenvalue weighted by Crippen LogP contribution is -2.05. The van der Waals surface area contributed by atoms with Crippen molar-refractivity contribution in [3.05, 3.63) is 48.3 Å². The highest BCUT2D eigenvalue weighted by atomic mass is 32.2. The van der Waals surface area contributed by atoms with Crippen molar-refractivity contribution in [2.24, 2.45) is 0 Å². The van der Waals surface area contributed by atoms with Crippen LogP contribution in [0.2, 0.25) is 0 Å². The SMILES string of the molecule is CCCn1nnnc1CSc1nccn1Cc1ccccn1. The number of tetrazole rings is 1. The van der Waals surface area contributed by atoms with Crippen LogP contribution in [-0.2, 0) is 18.8 Å². The molecule has 114 valence electrons. The molecular weight excluding hydrogens is 298 g/mol. The Kier molecular flexibility index (Phi) is 4.79. The summed E-state index contributed by atoms with van der Waals surface area (Å²) in [6, 6.07) is 5.92. The van der Waals surface area contributed by atoms with Crippen molar-refractivity contribution in [3.63, 3.8) is 0 Å². The highest BCUT2D eigenvalue weighted by Crippen LogP contribution is 2.20. The summed E-state index contributed by atoms with van der Waals surface area (Å²) in [6.45, 7) is 3.66. The number of aromatic nitrogens is 7. The number of hydrogen-bond donors (Lipinski definition) is 0. The minimum absolute atomic E-state index is 0.701. The van der Waals surface area contributed by atoms with Gasteiger partial charge in [-0.3, -0.25) is 4.98 Å². The first-order valence-corrected chi connectivity index (χ1v) is 8.14. The molecular formula is C14H17N7S. The molecule has 0 saturated heterocycles. The molecule has 0 aliphatic carbocycles. The molecule has 0 fully saturated rings. The van der Waals surface area contributed by atoms with Crippen LogP contribution in [0.5, 0.6) is 0 Å². The fourth-order valence-electron chi connectivity index (χ4n) is 2.06. The Balaban J connectivity index is 1.66. The van der Waals surface area contributed by atoms with Gasteiger partial charge in [0.2, 0.25) is 0 Å². The molecule has 0 bridgehead atoms. The van der Waals surface area contributed by atoms with Crippen LogP contribution in [-0.4, -0.2) is 34.7 Å². The minimum Gasteiger partial charge on any atom is -0.320 e. The van der Waals surface area contributed by atoms with Gasteiger partial charge in [0.25, 0.3) is 0 Å². The van der Waals surface area contributed by atoms with Gasteiger partial charge in [-0.2, -0.15) is 0 Å². The summed E-state index contributed by atoms with van der Waals surface area (Å²) in [7, 11) is 0. The minimum atomic E-state index is 0.701. The number of aryl methyl sites for hydroxylation is 1. The van der Waals surface area contributed by atoms with E-state index < -0.39 is 0 Å². The van der Waals surface area contributed by atoms with E-state index in [0.29, 0.717) is 12.3 Å². The standard InChI is InChI=1S/C14H17N7S/c1-2-8-21-13(17-18-19-21)11-22-14-16-7-9-20(14)10-12-5-3-4-6-15-12/h3-7,9H,2,8,10-11H2,1H3. The Labute approximate surface area is 132 Å². The first kappa shape index (κ1) is 14.7. The van der Waals surface area contributed by atoms with Crippen LogP contribution in [0.15, 0.2) is 41.9 Å². The monoisotopic (exact) mass is 315 g/mol. The van der Waals surface area contributed by atoms with E-state index in [2.05, 4.69) is 37.0 Å². The highest BCUT2D eigenvalue weighted by molar-refractivity contribution is 7.98. The lowest BCUT2D eigenvalue weighted by molar-refractivity contribution is 0.564. The van der Waals surface area contributed by atoms with Crippen LogP contribution in [0.1, 0.15) is 24.9 Å². The lowest BCUT2D eigenvalue weighted by Gasteiger charge is -2.07. The normalized spacial score (nSPS) is 11.0. The largest absolute Gasteiger partial charge is 0.320 e. The maximum atomic E-state index is 4.41. The lowest BCUT2D eigenvalue weighted by atomic mass is 10.3. The Morgan fingerprint density at radius 2 is 2.14 bits per heavy atom. The fourth-order valence-corrected chi connectivity index (χ4v) is 2.95. The van der Waals surface area contributed by atoms with E-state index in [9.17, 15) is 0 Å². The molecule has 0 saturated carbocycles. The van der Waals surface area contributed by atoms with Crippen molar-refractivity contribution >= 4 is 11.8 Å². The maximum absolute atomic E-state index is 4.41. The molecule has 3 aromatic heterocycles. The Hall–Kier alpha value is -2.22. The molecule has 0 unspecified atom stereocenters. The predicted molar refractivity (Wildman–Crippen MR) is 83.2 cm³/mol. The third-order valence-electron chi connectivity index (χ3n) is 3.11. The average Bonchev–Trinajstić information content (AvgIpc) is 3.16. The van der Waals surface area contributed by atoms with E-state index in [4.69, 9.17) is 0 Å². The summed E-state index contributed by atoms with van der Waals surface area (Å²) in [5.41, 5.74) is 1.01. The van der Waals surface area contributed by atoms with Crippen LogP contribution in [0.4, 0.5) is 0 Å². The van der Waals surface area contributed by atoms with Gasteiger partial charge in [-0.25, -0.2) is 9.67 Å². The number of nitrogens with zero attached hydrogens (tertiary/aromatic N) is 7. The summed E-state index contributed by atoms with van der Waals surface area (Å²) >= 11 is 1.63. The summed E-state index contributed by atoms with van der Waals surface area (Å²) in [5.74, 6) is 1.57. The third-order valence-corrected chi connectivity index (χ3v) is 4.11. The first-order chi connectivity index (χ1) is 10.9. The zero-order chi connectivity index (χ0) is 15.2. The molecule has 3 rings (SSSR count). The molecule has 0 N–H and O–H groups in total. The van der Waals surface area contributed by atoms with Gasteiger partial charge in [0.05, 0.1) is 18.0 Å². The topological polar surface area (TPSA) is 74.3 Å². The van der Waals surface area contributed by atoms with Crippen LogP contribution in [0.25, 0.3) is 0 Å². The Morgan fingerprint density at radius 1 is 1.18 bits per heavy atom. The van der Waals surface area contributed by atoms with Crippen LogP contribution in [0, 0.1) is 0 Å². The van der Waals surface area contributed by atoms with Crippen molar-refractivity contribution in [1.29, 1.82) is 0 Å². The quantitative estimate of drug-likeness (QED) is 0.621. The van der Waals surface area contributed by atoms with Crippen LogP contribution < -0.4 is 0 Å². The summed E-state index contributed by atoms with van der Waals surface area (Å²) in [5, 5.41) is 12.8. The molecule has 8 heteroatoms. The first-order valence-electron chi connectivity index (χ1n) is 7.15. The van der Waals surface area contributed by atoms with E-state index in [1.165, 1.54) is 0 Å². The molecule has 0 aromatic carbocycles. The second-order valence-electron chi connectivity index (χ2n) is 4.77. The molecule has 3 heterocycles. The van der Waals surface area contributed by atoms with Gasteiger partial charge in [0, 0.05) is 25.1 Å². The Bertz CT molecular complexity index is 707. The second-order valence-corrected chi connectivity index (χ2v) is 5.71. The van der Waals surface area contributed by atoms with Crippen molar-refractivity contribution in [2.75, 3.05) is 0 Å². The molecule has 0 amide bonds. The van der Waals surface area contributed by atoms with Gasteiger partial charge >= 0.3 is 0 Å². The number of imidazole rings is 1. The van der Waals surface area contributed by atoms with Gasteiger partial charge < -0.3 is 4.57 Å². The predicted octanol–water partition coefficient (Wildman–Crippen LogP) is 2.02. The highest BCUT2D eigenvalue weighted by Gasteiger charge is 2.09. The summed E-state index contributed by atoms with van der Waals surface area (Å²) in [4.78, 5) is 8.76. The summed E-state index contributed by atoms with van der Waals surface area (Å²) < 4.78 is 3.93. The molecule has 0 spiro atoms. The van der Waals surface area contributed by atoms with Gasteiger partial charge in [-0.1, -0.05) is 24.8 Å². The van der Waals surface area contributed by atoms with Crippen molar-refractivity contribution in [3.8, 4) is 0 Å². The second kappa shape index (κ2) is 7.17. The van der Waals surface area contributed by atoms with E-state index in [0.717, 1.165) is 29.6 Å². The number of hydrogen-bond acceptors (Lipinski definition) is 6. The van der Waals surface area contributed by atoms with Gasteiger partial charge in [0.1, 0.15) is 0 Å². The molecule has 0 aliphatic heterocycles. The van der Waals surface area contributed by atoms with Crippen molar-refractivity contribution in [1.82, 2.24) is 34.7 Å². The zero-order valence-electron chi connectivity index (χ0n) is 12.3. The fraction of sp³-hybridized carbons (Fsp3) is 0.357. The number of rotatable bonds is 7. The van der Waals surface area contributed by atoms with Crippen LogP contribution in [0.3, 0.4) is 0 Å². The third kappa shape index (κ3) is 3.51. The number of thioether (sulfide) groups is 1. The van der Waals surface area contributed by atoms with E-state index in [-0.39, 0.29) is 0 Å². The molecule has 0 atom stereocenters. The molecule has 0 aliphatic rings. The Morgan fingerprint density at radius 3 is 2.95 bits per heavy atom. The molecule has 0 radical (unpaired) electrons. The molecule has 7 nitrogen and oxygen atoms in total. The average molecular weight is 315 g/mol. The van der Waals surface area contributed by atoms with Gasteiger partial charge in [-0.05, 0) is 29.0 Å². The summed E-state index contributed by atoms with van der Waals surface area (Å²) in [6.07, 6.45) is 6.58. The van der Waals surface area contributed by atoms with Crippen molar-refractivity contribution in [2.45, 2.75) is 37.3 Å². The molecule has 22 heavy (non-hydrogen) atoms. The van der Waals surface area contributed by atoms with Crippen LogP contribution >= 0.6 is 11.8 Å². The van der Waals surface area contributed by atoms with Crippen molar-refractivity contribution < 1.29 is 0 Å². The van der Waals surface area contributed by atoms with E-state index >= 15 is 0 Å². The molecule has 3 aromatic rings. The zero-order valence-corrected chi connectivity index (χ0v) is 13.1.